The van der Waals surface area contributed by atoms with Gasteiger partial charge in [0.1, 0.15) is 0 Å². The van der Waals surface area contributed by atoms with Gasteiger partial charge in [0.2, 0.25) is 0 Å². The van der Waals surface area contributed by atoms with Gasteiger partial charge in [0.05, 0.1) is 6.10 Å². The minimum Gasteiger partial charge on any atom is -0.388 e. The fraction of sp³-hybridized carbons (Fsp3) is 0.667. The smallest absolute Gasteiger partial charge is 0.0807 e. The van der Waals surface area contributed by atoms with Crippen LogP contribution >= 0.6 is 11.8 Å². The van der Waals surface area contributed by atoms with E-state index in [-0.39, 0.29) is 6.10 Å². The van der Waals surface area contributed by atoms with Crippen LogP contribution in [0.4, 0.5) is 0 Å². The van der Waals surface area contributed by atoms with Crippen molar-refractivity contribution in [1.29, 1.82) is 0 Å². The van der Waals surface area contributed by atoms with E-state index in [1.54, 1.807) is 0 Å². The molecule has 1 heterocycles. The van der Waals surface area contributed by atoms with E-state index < -0.39 is 0 Å². The van der Waals surface area contributed by atoms with Gasteiger partial charge < -0.3 is 9.67 Å². The van der Waals surface area contributed by atoms with Gasteiger partial charge in [-0.25, -0.2) is 0 Å². The van der Waals surface area contributed by atoms with Gasteiger partial charge in [-0.05, 0) is 31.1 Å². The van der Waals surface area contributed by atoms with Crippen molar-refractivity contribution in [3.63, 3.8) is 0 Å². The van der Waals surface area contributed by atoms with Crippen molar-refractivity contribution in [3.8, 4) is 0 Å². The van der Waals surface area contributed by atoms with E-state index in [0.717, 1.165) is 31.6 Å². The maximum absolute atomic E-state index is 9.96. The molecule has 0 saturated heterocycles. The standard InChI is InChI=1S/C12H19NOS/c1-15-7-6-13-8-10-4-2-3-5-12(14)11(10)9-13/h8-9,12,14H,2-7H2,1H3. The molecule has 1 aromatic rings. The minimum atomic E-state index is -0.224. The normalized spacial score (nSPS) is 21.1. The molecule has 0 saturated carbocycles. The van der Waals surface area contributed by atoms with Gasteiger partial charge in [0.15, 0.2) is 0 Å². The lowest BCUT2D eigenvalue weighted by Crippen LogP contribution is -1.98. The first-order chi connectivity index (χ1) is 7.31. The van der Waals surface area contributed by atoms with E-state index in [1.807, 2.05) is 11.8 Å². The first-order valence-electron chi connectivity index (χ1n) is 5.67. The van der Waals surface area contributed by atoms with Crippen LogP contribution in [-0.4, -0.2) is 21.7 Å². The van der Waals surface area contributed by atoms with Crippen LogP contribution in [0.2, 0.25) is 0 Å². The van der Waals surface area contributed by atoms with Crippen molar-refractivity contribution in [1.82, 2.24) is 4.57 Å². The van der Waals surface area contributed by atoms with E-state index in [4.69, 9.17) is 0 Å². The molecule has 1 unspecified atom stereocenters. The number of rotatable bonds is 3. The Morgan fingerprint density at radius 2 is 2.33 bits per heavy atom. The third-order valence-corrected chi connectivity index (χ3v) is 3.67. The van der Waals surface area contributed by atoms with E-state index in [9.17, 15) is 5.11 Å². The Hall–Kier alpha value is -0.410. The molecule has 1 aromatic heterocycles. The van der Waals surface area contributed by atoms with Crippen molar-refractivity contribution in [2.45, 2.75) is 38.3 Å². The molecule has 0 spiro atoms. The lowest BCUT2D eigenvalue weighted by Gasteiger charge is -2.06. The number of nitrogens with zero attached hydrogens (tertiary/aromatic N) is 1. The Kier molecular flexibility index (Phi) is 3.76. The van der Waals surface area contributed by atoms with Gasteiger partial charge in [0, 0.05) is 30.3 Å². The van der Waals surface area contributed by atoms with Crippen molar-refractivity contribution >= 4 is 11.8 Å². The predicted octanol–water partition coefficient (Wildman–Crippen LogP) is 2.61. The second-order valence-corrected chi connectivity index (χ2v) is 5.22. The molecule has 1 aliphatic rings. The molecular formula is C12H19NOS. The van der Waals surface area contributed by atoms with E-state index in [2.05, 4.69) is 23.2 Å². The number of fused-ring (bicyclic) bond motifs is 1. The Bertz CT molecular complexity index is 321. The third kappa shape index (κ3) is 2.58. The first kappa shape index (κ1) is 11.1. The maximum Gasteiger partial charge on any atom is 0.0807 e. The molecule has 0 bridgehead atoms. The Labute approximate surface area is 95.7 Å². The topological polar surface area (TPSA) is 25.2 Å². The predicted molar refractivity (Wildman–Crippen MR) is 65.3 cm³/mol. The van der Waals surface area contributed by atoms with Crippen LogP contribution in [-0.2, 0) is 13.0 Å². The quantitative estimate of drug-likeness (QED) is 0.800. The van der Waals surface area contributed by atoms with Crippen LogP contribution in [0.1, 0.15) is 36.5 Å². The zero-order valence-electron chi connectivity index (χ0n) is 9.28. The van der Waals surface area contributed by atoms with Gasteiger partial charge in [0.25, 0.3) is 0 Å². The van der Waals surface area contributed by atoms with E-state index >= 15 is 0 Å². The van der Waals surface area contributed by atoms with Gasteiger partial charge in [-0.3, -0.25) is 0 Å². The highest BCUT2D eigenvalue weighted by molar-refractivity contribution is 7.98. The summed E-state index contributed by atoms with van der Waals surface area (Å²) in [5.74, 6) is 1.14. The molecule has 0 fully saturated rings. The van der Waals surface area contributed by atoms with Gasteiger partial charge in [-0.1, -0.05) is 6.42 Å². The summed E-state index contributed by atoms with van der Waals surface area (Å²) in [5, 5.41) is 9.96. The maximum atomic E-state index is 9.96. The van der Waals surface area contributed by atoms with Crippen LogP contribution in [0.15, 0.2) is 12.4 Å². The average Bonchev–Trinajstić information content (AvgIpc) is 2.57. The van der Waals surface area contributed by atoms with Crippen LogP contribution in [0.5, 0.6) is 0 Å². The first-order valence-corrected chi connectivity index (χ1v) is 7.06. The van der Waals surface area contributed by atoms with Gasteiger partial charge >= 0.3 is 0 Å². The molecule has 0 aromatic carbocycles. The average molecular weight is 225 g/mol. The van der Waals surface area contributed by atoms with Crippen molar-refractivity contribution in [2.24, 2.45) is 0 Å². The van der Waals surface area contributed by atoms with E-state index in [1.165, 1.54) is 17.5 Å². The molecule has 1 atom stereocenters. The molecular weight excluding hydrogens is 206 g/mol. The van der Waals surface area contributed by atoms with Crippen LogP contribution in [0, 0.1) is 0 Å². The highest BCUT2D eigenvalue weighted by atomic mass is 32.2. The number of aliphatic hydroxyl groups is 1. The number of thioether (sulfide) groups is 1. The molecule has 1 aliphatic carbocycles. The Morgan fingerprint density at radius 3 is 3.13 bits per heavy atom. The molecule has 0 radical (unpaired) electrons. The molecule has 84 valence electrons. The largest absolute Gasteiger partial charge is 0.388 e. The lowest BCUT2D eigenvalue weighted by atomic mass is 10.1. The molecule has 1 N–H and O–H groups in total. The number of hydrogen-bond acceptors (Lipinski definition) is 2. The molecule has 2 nitrogen and oxygen atoms in total. The second-order valence-electron chi connectivity index (χ2n) is 4.23. The SMILES string of the molecule is CSCCn1cc2c(c1)C(O)CCCC2. The number of hydrogen-bond donors (Lipinski definition) is 1. The Balaban J connectivity index is 2.14. The van der Waals surface area contributed by atoms with Crippen LogP contribution in [0.25, 0.3) is 0 Å². The Morgan fingerprint density at radius 1 is 1.47 bits per heavy atom. The molecule has 15 heavy (non-hydrogen) atoms. The van der Waals surface area contributed by atoms with Crippen molar-refractivity contribution < 1.29 is 5.11 Å². The fourth-order valence-corrected chi connectivity index (χ4v) is 2.61. The zero-order valence-corrected chi connectivity index (χ0v) is 10.1. The number of aryl methyl sites for hydroxylation is 2. The van der Waals surface area contributed by atoms with Crippen LogP contribution in [0.3, 0.4) is 0 Å². The second kappa shape index (κ2) is 5.08. The van der Waals surface area contributed by atoms with E-state index in [0.29, 0.717) is 0 Å². The highest BCUT2D eigenvalue weighted by Gasteiger charge is 2.17. The zero-order chi connectivity index (χ0) is 10.7. The summed E-state index contributed by atoms with van der Waals surface area (Å²) in [6, 6.07) is 0. The summed E-state index contributed by atoms with van der Waals surface area (Å²) >= 11 is 1.86. The number of aliphatic hydroxyl groups excluding tert-OH is 1. The van der Waals surface area contributed by atoms with Crippen molar-refractivity contribution in [2.75, 3.05) is 12.0 Å². The van der Waals surface area contributed by atoms with Crippen LogP contribution < -0.4 is 0 Å². The third-order valence-electron chi connectivity index (χ3n) is 3.08. The molecule has 0 amide bonds. The molecule has 0 aliphatic heterocycles. The highest BCUT2D eigenvalue weighted by Crippen LogP contribution is 2.29. The number of aromatic nitrogens is 1. The van der Waals surface area contributed by atoms with Gasteiger partial charge in [-0.15, -0.1) is 0 Å². The molecule has 2 rings (SSSR count). The summed E-state index contributed by atoms with van der Waals surface area (Å²) in [6.07, 6.45) is 10.7. The summed E-state index contributed by atoms with van der Waals surface area (Å²) in [6.45, 7) is 1.06. The fourth-order valence-electron chi connectivity index (χ4n) is 2.22. The summed E-state index contributed by atoms with van der Waals surface area (Å²) < 4.78 is 2.23. The summed E-state index contributed by atoms with van der Waals surface area (Å²) in [7, 11) is 0. The summed E-state index contributed by atoms with van der Waals surface area (Å²) in [5.41, 5.74) is 2.54. The van der Waals surface area contributed by atoms with Gasteiger partial charge in [-0.2, -0.15) is 11.8 Å². The minimum absolute atomic E-state index is 0.224. The monoisotopic (exact) mass is 225 g/mol. The lowest BCUT2D eigenvalue weighted by molar-refractivity contribution is 0.166. The summed E-state index contributed by atoms with van der Waals surface area (Å²) in [4.78, 5) is 0. The van der Waals surface area contributed by atoms with Crippen molar-refractivity contribution in [3.05, 3.63) is 23.5 Å². The molecule has 3 heteroatoms.